The first-order chi connectivity index (χ1) is 8.99. The Morgan fingerprint density at radius 3 is 2.53 bits per heavy atom. The minimum absolute atomic E-state index is 0.424. The molecule has 0 aliphatic carbocycles. The van der Waals surface area contributed by atoms with Crippen molar-refractivity contribution in [3.63, 3.8) is 0 Å². The van der Waals surface area contributed by atoms with E-state index in [9.17, 15) is 4.79 Å². The normalized spacial score (nSPS) is 18.4. The molecule has 104 valence electrons. The fraction of sp³-hybridized carbons (Fsp3) is 0.615. The lowest BCUT2D eigenvalue weighted by atomic mass is 10.2. The third-order valence-corrected chi connectivity index (χ3v) is 3.57. The molecule has 0 amide bonds. The van der Waals surface area contributed by atoms with Gasteiger partial charge in [-0.05, 0) is 20.8 Å². The van der Waals surface area contributed by atoms with Crippen LogP contribution in [-0.4, -0.2) is 58.2 Å². The minimum Gasteiger partial charge on any atom is -0.480 e. The molecule has 6 nitrogen and oxygen atoms in total. The number of aliphatic carboxylic acids is 1. The van der Waals surface area contributed by atoms with Crippen LogP contribution in [0.4, 0.5) is 5.82 Å². The van der Waals surface area contributed by atoms with Gasteiger partial charge in [-0.25, -0.2) is 4.98 Å². The molecule has 2 heterocycles. The van der Waals surface area contributed by atoms with E-state index in [2.05, 4.69) is 14.9 Å². The summed E-state index contributed by atoms with van der Waals surface area (Å²) < 4.78 is 0. The third kappa shape index (κ3) is 3.01. The van der Waals surface area contributed by atoms with Crippen LogP contribution in [0, 0.1) is 13.8 Å². The number of hydrogen-bond acceptors (Lipinski definition) is 5. The summed E-state index contributed by atoms with van der Waals surface area (Å²) in [6.45, 7) is 8.67. The highest BCUT2D eigenvalue weighted by Gasteiger charge is 2.26. The van der Waals surface area contributed by atoms with Gasteiger partial charge in [0.25, 0.3) is 0 Å². The molecule has 1 saturated heterocycles. The molecular formula is C13H20N4O2. The number of rotatable bonds is 3. The summed E-state index contributed by atoms with van der Waals surface area (Å²) in [7, 11) is 0. The molecule has 0 radical (unpaired) electrons. The van der Waals surface area contributed by atoms with E-state index in [1.807, 2.05) is 18.7 Å². The zero-order valence-corrected chi connectivity index (χ0v) is 11.6. The zero-order valence-electron chi connectivity index (χ0n) is 11.6. The van der Waals surface area contributed by atoms with Crippen molar-refractivity contribution in [2.75, 3.05) is 31.1 Å². The molecule has 0 saturated carbocycles. The fourth-order valence-electron chi connectivity index (χ4n) is 2.30. The van der Waals surface area contributed by atoms with Gasteiger partial charge in [-0.3, -0.25) is 14.7 Å². The summed E-state index contributed by atoms with van der Waals surface area (Å²) in [5.41, 5.74) is 1.83. The van der Waals surface area contributed by atoms with Gasteiger partial charge in [-0.15, -0.1) is 0 Å². The van der Waals surface area contributed by atoms with E-state index >= 15 is 0 Å². The van der Waals surface area contributed by atoms with Crippen LogP contribution in [0.2, 0.25) is 0 Å². The second-order valence-electron chi connectivity index (χ2n) is 4.96. The van der Waals surface area contributed by atoms with Crippen molar-refractivity contribution in [2.24, 2.45) is 0 Å². The van der Waals surface area contributed by atoms with Gasteiger partial charge in [0.05, 0.1) is 11.4 Å². The number of carboxylic acid groups (broad SMARTS) is 1. The monoisotopic (exact) mass is 264 g/mol. The average Bonchev–Trinajstić information content (AvgIpc) is 2.41. The fourth-order valence-corrected chi connectivity index (χ4v) is 2.30. The van der Waals surface area contributed by atoms with Gasteiger partial charge in [0.2, 0.25) is 0 Å². The minimum atomic E-state index is -0.764. The van der Waals surface area contributed by atoms with Crippen molar-refractivity contribution in [1.29, 1.82) is 0 Å². The molecule has 0 spiro atoms. The van der Waals surface area contributed by atoms with Crippen LogP contribution in [0.5, 0.6) is 0 Å². The smallest absolute Gasteiger partial charge is 0.320 e. The summed E-state index contributed by atoms with van der Waals surface area (Å²) in [5, 5.41) is 9.02. The van der Waals surface area contributed by atoms with E-state index < -0.39 is 12.0 Å². The largest absolute Gasteiger partial charge is 0.480 e. The highest BCUT2D eigenvalue weighted by atomic mass is 16.4. The number of aromatic nitrogens is 2. The quantitative estimate of drug-likeness (QED) is 0.866. The van der Waals surface area contributed by atoms with Gasteiger partial charge >= 0.3 is 5.97 Å². The van der Waals surface area contributed by atoms with Gasteiger partial charge in [0, 0.05) is 32.4 Å². The van der Waals surface area contributed by atoms with Crippen LogP contribution in [0.25, 0.3) is 0 Å². The molecule has 1 aromatic rings. The van der Waals surface area contributed by atoms with Crippen LogP contribution < -0.4 is 4.90 Å². The Kier molecular flexibility index (Phi) is 3.99. The Bertz CT molecular complexity index is 470. The second kappa shape index (κ2) is 5.52. The van der Waals surface area contributed by atoms with E-state index in [0.717, 1.165) is 43.4 Å². The number of carbonyl (C=O) groups is 1. The number of nitrogens with zero attached hydrogens (tertiary/aromatic N) is 4. The topological polar surface area (TPSA) is 69.6 Å². The van der Waals surface area contributed by atoms with Gasteiger partial charge < -0.3 is 10.0 Å². The molecular weight excluding hydrogens is 244 g/mol. The summed E-state index contributed by atoms with van der Waals surface area (Å²) in [4.78, 5) is 24.0. The number of piperazine rings is 1. The van der Waals surface area contributed by atoms with Crippen molar-refractivity contribution in [3.05, 3.63) is 17.6 Å². The highest BCUT2D eigenvalue weighted by Crippen LogP contribution is 2.18. The molecule has 6 heteroatoms. The number of aryl methyl sites for hydroxylation is 2. The van der Waals surface area contributed by atoms with E-state index in [0.29, 0.717) is 0 Å². The molecule has 1 unspecified atom stereocenters. The Morgan fingerprint density at radius 2 is 1.95 bits per heavy atom. The van der Waals surface area contributed by atoms with Gasteiger partial charge in [-0.1, -0.05) is 0 Å². The third-order valence-electron chi connectivity index (χ3n) is 3.57. The number of carboxylic acids is 1. The first-order valence-electron chi connectivity index (χ1n) is 6.51. The number of anilines is 1. The van der Waals surface area contributed by atoms with Crippen molar-refractivity contribution in [2.45, 2.75) is 26.8 Å². The van der Waals surface area contributed by atoms with Crippen molar-refractivity contribution >= 4 is 11.8 Å². The van der Waals surface area contributed by atoms with E-state index in [1.54, 1.807) is 13.1 Å². The average molecular weight is 264 g/mol. The molecule has 1 aliphatic rings. The predicted octanol–water partition coefficient (Wildman–Crippen LogP) is 0.689. The van der Waals surface area contributed by atoms with Crippen LogP contribution in [0.15, 0.2) is 6.20 Å². The number of hydrogen-bond donors (Lipinski definition) is 1. The lowest BCUT2D eigenvalue weighted by Gasteiger charge is -2.37. The molecule has 19 heavy (non-hydrogen) atoms. The summed E-state index contributed by atoms with van der Waals surface area (Å²) in [6.07, 6.45) is 1.77. The van der Waals surface area contributed by atoms with Crippen molar-refractivity contribution in [3.8, 4) is 0 Å². The van der Waals surface area contributed by atoms with E-state index in [-0.39, 0.29) is 0 Å². The second-order valence-corrected chi connectivity index (χ2v) is 4.96. The molecule has 0 bridgehead atoms. The van der Waals surface area contributed by atoms with Gasteiger partial charge in [0.1, 0.15) is 11.9 Å². The SMILES string of the molecule is Cc1cnc(C)c(N2CCN(C(C)C(=O)O)CC2)n1. The summed E-state index contributed by atoms with van der Waals surface area (Å²) in [5.74, 6) is 0.155. The lowest BCUT2D eigenvalue weighted by Crippen LogP contribution is -2.52. The Balaban J connectivity index is 2.04. The molecule has 1 aromatic heterocycles. The van der Waals surface area contributed by atoms with Crippen LogP contribution in [-0.2, 0) is 4.79 Å². The maximum atomic E-state index is 11.0. The van der Waals surface area contributed by atoms with Crippen molar-refractivity contribution in [1.82, 2.24) is 14.9 Å². The van der Waals surface area contributed by atoms with Crippen molar-refractivity contribution < 1.29 is 9.90 Å². The Morgan fingerprint density at radius 1 is 1.32 bits per heavy atom. The first-order valence-corrected chi connectivity index (χ1v) is 6.51. The van der Waals surface area contributed by atoms with Gasteiger partial charge in [-0.2, -0.15) is 0 Å². The van der Waals surface area contributed by atoms with E-state index in [4.69, 9.17) is 5.11 Å². The standard InChI is InChI=1S/C13H20N4O2/c1-9-8-14-10(2)12(15-9)17-6-4-16(5-7-17)11(3)13(18)19/h8,11H,4-7H2,1-3H3,(H,18,19). The Hall–Kier alpha value is -1.69. The molecule has 1 aliphatic heterocycles. The van der Waals surface area contributed by atoms with Crippen LogP contribution >= 0.6 is 0 Å². The maximum Gasteiger partial charge on any atom is 0.320 e. The maximum absolute atomic E-state index is 11.0. The lowest BCUT2D eigenvalue weighted by molar-refractivity contribution is -0.142. The molecule has 2 rings (SSSR count). The van der Waals surface area contributed by atoms with Crippen LogP contribution in [0.1, 0.15) is 18.3 Å². The molecule has 1 N–H and O–H groups in total. The summed E-state index contributed by atoms with van der Waals surface area (Å²) in [6, 6.07) is -0.424. The molecule has 0 aromatic carbocycles. The summed E-state index contributed by atoms with van der Waals surface area (Å²) >= 11 is 0. The molecule has 1 atom stereocenters. The van der Waals surface area contributed by atoms with Gasteiger partial charge in [0.15, 0.2) is 0 Å². The highest BCUT2D eigenvalue weighted by molar-refractivity contribution is 5.72. The Labute approximate surface area is 113 Å². The van der Waals surface area contributed by atoms with Crippen LogP contribution in [0.3, 0.4) is 0 Å². The zero-order chi connectivity index (χ0) is 14.0. The van der Waals surface area contributed by atoms with E-state index in [1.165, 1.54) is 0 Å². The molecule has 1 fully saturated rings. The first kappa shape index (κ1) is 13.7. The predicted molar refractivity (Wildman–Crippen MR) is 72.4 cm³/mol.